The molecular formula is C21H18BrNO5S. The molecule has 1 amide bonds. The Morgan fingerprint density at radius 2 is 2.03 bits per heavy atom. The maximum absolute atomic E-state index is 12.9. The number of esters is 1. The number of carbonyl (C=O) groups is 2. The summed E-state index contributed by atoms with van der Waals surface area (Å²) in [6, 6.07) is 6.68. The molecule has 0 bridgehead atoms. The predicted molar refractivity (Wildman–Crippen MR) is 115 cm³/mol. The maximum Gasteiger partial charge on any atom is 0.349 e. The highest BCUT2D eigenvalue weighted by molar-refractivity contribution is 9.10. The third-order valence-corrected chi connectivity index (χ3v) is 6.52. The van der Waals surface area contributed by atoms with Crippen molar-refractivity contribution in [1.29, 1.82) is 0 Å². The van der Waals surface area contributed by atoms with Gasteiger partial charge in [0.15, 0.2) is 0 Å². The van der Waals surface area contributed by atoms with Crippen LogP contribution in [0.1, 0.15) is 50.9 Å². The van der Waals surface area contributed by atoms with Gasteiger partial charge in [-0.2, -0.15) is 0 Å². The fraction of sp³-hybridized carbons (Fsp3) is 0.286. The molecule has 2 heterocycles. The number of fused-ring (bicyclic) bond motifs is 2. The van der Waals surface area contributed by atoms with Crippen molar-refractivity contribution in [3.63, 3.8) is 0 Å². The number of aryl methyl sites for hydroxylation is 1. The van der Waals surface area contributed by atoms with Crippen LogP contribution in [0.15, 0.2) is 37.9 Å². The van der Waals surface area contributed by atoms with Crippen molar-refractivity contribution in [3.8, 4) is 0 Å². The van der Waals surface area contributed by atoms with E-state index in [9.17, 15) is 14.4 Å². The summed E-state index contributed by atoms with van der Waals surface area (Å²) in [5.41, 5.74) is 0.916. The summed E-state index contributed by atoms with van der Waals surface area (Å²) in [5.74, 6) is -1.05. The average Bonchev–Trinajstić information content (AvgIpc) is 3.05. The molecule has 29 heavy (non-hydrogen) atoms. The lowest BCUT2D eigenvalue weighted by atomic mass is 9.95. The number of benzene rings is 1. The van der Waals surface area contributed by atoms with Gasteiger partial charge in [0.2, 0.25) is 0 Å². The first kappa shape index (κ1) is 19.8. The van der Waals surface area contributed by atoms with Gasteiger partial charge in [-0.1, -0.05) is 15.9 Å². The van der Waals surface area contributed by atoms with Gasteiger partial charge in [0.1, 0.15) is 16.1 Å². The van der Waals surface area contributed by atoms with E-state index in [-0.39, 0.29) is 12.2 Å². The Kier molecular flexibility index (Phi) is 5.56. The number of rotatable bonds is 4. The summed E-state index contributed by atoms with van der Waals surface area (Å²) in [5, 5.41) is 3.80. The first-order valence-corrected chi connectivity index (χ1v) is 10.9. The Morgan fingerprint density at radius 1 is 1.24 bits per heavy atom. The first-order chi connectivity index (χ1) is 14.0. The molecule has 0 fully saturated rings. The fourth-order valence-corrected chi connectivity index (χ4v) is 5.15. The van der Waals surface area contributed by atoms with E-state index in [4.69, 9.17) is 9.15 Å². The third kappa shape index (κ3) is 3.86. The molecule has 8 heteroatoms. The monoisotopic (exact) mass is 475 g/mol. The summed E-state index contributed by atoms with van der Waals surface area (Å²) in [4.78, 5) is 38.8. The number of hydrogen-bond acceptors (Lipinski definition) is 6. The molecule has 0 spiro atoms. The average molecular weight is 476 g/mol. The maximum atomic E-state index is 12.9. The van der Waals surface area contributed by atoms with Gasteiger partial charge < -0.3 is 14.5 Å². The standard InChI is InChI=1S/C21H18BrNO5S/c1-2-27-21(26)17-13-5-3-4-6-16(13)29-19(17)23-18(24)14-10-11-9-12(22)7-8-15(11)28-20(14)25/h7-10H,2-6H2,1H3,(H,23,24). The van der Waals surface area contributed by atoms with E-state index < -0.39 is 17.5 Å². The molecule has 2 aromatic heterocycles. The third-order valence-electron chi connectivity index (χ3n) is 4.82. The molecule has 1 aromatic carbocycles. The van der Waals surface area contributed by atoms with Crippen molar-refractivity contribution in [1.82, 2.24) is 0 Å². The van der Waals surface area contributed by atoms with E-state index >= 15 is 0 Å². The van der Waals surface area contributed by atoms with Gasteiger partial charge in [-0.15, -0.1) is 11.3 Å². The van der Waals surface area contributed by atoms with E-state index in [2.05, 4.69) is 21.2 Å². The van der Waals surface area contributed by atoms with Gasteiger partial charge in [0.25, 0.3) is 5.91 Å². The number of amides is 1. The topological polar surface area (TPSA) is 85.6 Å². The minimum Gasteiger partial charge on any atom is -0.462 e. The Bertz CT molecular complexity index is 1180. The number of nitrogens with one attached hydrogen (secondary N) is 1. The molecular weight excluding hydrogens is 458 g/mol. The van der Waals surface area contributed by atoms with Crippen molar-refractivity contribution in [2.45, 2.75) is 32.6 Å². The molecule has 6 nitrogen and oxygen atoms in total. The number of halogens is 1. The SMILES string of the molecule is CCOC(=O)c1c(NC(=O)c2cc3cc(Br)ccc3oc2=O)sc2c1CCCC2. The highest BCUT2D eigenvalue weighted by atomic mass is 79.9. The van der Waals surface area contributed by atoms with Crippen molar-refractivity contribution in [2.75, 3.05) is 11.9 Å². The lowest BCUT2D eigenvalue weighted by Gasteiger charge is -2.12. The smallest absolute Gasteiger partial charge is 0.349 e. The normalized spacial score (nSPS) is 13.2. The summed E-state index contributed by atoms with van der Waals surface area (Å²) >= 11 is 4.75. The summed E-state index contributed by atoms with van der Waals surface area (Å²) in [6.07, 6.45) is 3.69. The molecule has 0 saturated carbocycles. The zero-order valence-corrected chi connectivity index (χ0v) is 18.1. The van der Waals surface area contributed by atoms with Crippen LogP contribution < -0.4 is 10.9 Å². The molecule has 0 unspecified atom stereocenters. The second-order valence-electron chi connectivity index (χ2n) is 6.72. The van der Waals surface area contributed by atoms with E-state index in [1.807, 2.05) is 0 Å². The fourth-order valence-electron chi connectivity index (χ4n) is 3.50. The quantitative estimate of drug-likeness (QED) is 0.427. The molecule has 1 aliphatic carbocycles. The summed E-state index contributed by atoms with van der Waals surface area (Å²) in [7, 11) is 0. The van der Waals surface area contributed by atoms with Crippen LogP contribution in [0.25, 0.3) is 11.0 Å². The Balaban J connectivity index is 1.72. The van der Waals surface area contributed by atoms with Crippen molar-refractivity contribution in [2.24, 2.45) is 0 Å². The molecule has 4 rings (SSSR count). The second kappa shape index (κ2) is 8.12. The van der Waals surface area contributed by atoms with Crippen LogP contribution in [-0.4, -0.2) is 18.5 Å². The van der Waals surface area contributed by atoms with Crippen LogP contribution in [0.4, 0.5) is 5.00 Å². The van der Waals surface area contributed by atoms with Gasteiger partial charge in [-0.25, -0.2) is 9.59 Å². The molecule has 0 saturated heterocycles. The largest absolute Gasteiger partial charge is 0.462 e. The van der Waals surface area contributed by atoms with Crippen LogP contribution in [0.2, 0.25) is 0 Å². The molecule has 150 valence electrons. The minimum atomic E-state index is -0.726. The highest BCUT2D eigenvalue weighted by Gasteiger charge is 2.28. The Morgan fingerprint density at radius 3 is 2.83 bits per heavy atom. The predicted octanol–water partition coefficient (Wildman–Crippen LogP) is 4.92. The zero-order valence-electron chi connectivity index (χ0n) is 15.7. The number of ether oxygens (including phenoxy) is 1. The zero-order chi connectivity index (χ0) is 20.5. The number of hydrogen-bond donors (Lipinski definition) is 1. The number of thiophene rings is 1. The van der Waals surface area contributed by atoms with Crippen molar-refractivity contribution in [3.05, 3.63) is 60.7 Å². The first-order valence-electron chi connectivity index (χ1n) is 9.34. The molecule has 0 aliphatic heterocycles. The van der Waals surface area contributed by atoms with E-state index in [0.717, 1.165) is 40.6 Å². The van der Waals surface area contributed by atoms with E-state index in [1.54, 1.807) is 25.1 Å². The van der Waals surface area contributed by atoms with Crippen LogP contribution in [0.3, 0.4) is 0 Å². The Labute approximate surface area is 179 Å². The van der Waals surface area contributed by atoms with Crippen LogP contribution in [0, 0.1) is 0 Å². The Hall–Kier alpha value is -2.45. The van der Waals surface area contributed by atoms with Gasteiger partial charge in [-0.05, 0) is 62.4 Å². The number of carbonyl (C=O) groups excluding carboxylic acids is 2. The molecule has 0 atom stereocenters. The minimum absolute atomic E-state index is 0.114. The summed E-state index contributed by atoms with van der Waals surface area (Å²) < 4.78 is 11.3. The van der Waals surface area contributed by atoms with Gasteiger partial charge in [0, 0.05) is 14.7 Å². The van der Waals surface area contributed by atoms with Crippen LogP contribution in [0.5, 0.6) is 0 Å². The molecule has 0 radical (unpaired) electrons. The van der Waals surface area contributed by atoms with Crippen molar-refractivity contribution >= 4 is 55.1 Å². The highest BCUT2D eigenvalue weighted by Crippen LogP contribution is 2.38. The van der Waals surface area contributed by atoms with Crippen LogP contribution >= 0.6 is 27.3 Å². The van der Waals surface area contributed by atoms with E-state index in [0.29, 0.717) is 21.5 Å². The number of anilines is 1. The lowest BCUT2D eigenvalue weighted by molar-refractivity contribution is 0.0526. The molecule has 1 aliphatic rings. The van der Waals surface area contributed by atoms with Gasteiger partial charge in [0.05, 0.1) is 12.2 Å². The summed E-state index contributed by atoms with van der Waals surface area (Å²) in [6.45, 7) is 1.99. The van der Waals surface area contributed by atoms with Gasteiger partial charge >= 0.3 is 11.6 Å². The van der Waals surface area contributed by atoms with Crippen LogP contribution in [-0.2, 0) is 17.6 Å². The lowest BCUT2D eigenvalue weighted by Crippen LogP contribution is -2.21. The van der Waals surface area contributed by atoms with Gasteiger partial charge in [-0.3, -0.25) is 4.79 Å². The van der Waals surface area contributed by atoms with E-state index in [1.165, 1.54) is 17.4 Å². The molecule has 1 N–H and O–H groups in total. The van der Waals surface area contributed by atoms with Crippen molar-refractivity contribution < 1.29 is 18.7 Å². The second-order valence-corrected chi connectivity index (χ2v) is 8.74. The molecule has 3 aromatic rings.